The number of nitrogens with one attached hydrogen (secondary N) is 2. The molecule has 1 aliphatic rings. The maximum Gasteiger partial charge on any atom is 0.323 e. The minimum Gasteiger partial charge on any atom is -0.464 e. The summed E-state index contributed by atoms with van der Waals surface area (Å²) in [5, 5.41) is 6.53. The van der Waals surface area contributed by atoms with Gasteiger partial charge in [0.25, 0.3) is 0 Å². The van der Waals surface area contributed by atoms with E-state index in [1.807, 2.05) is 6.92 Å². The summed E-state index contributed by atoms with van der Waals surface area (Å²) in [5.41, 5.74) is 0. The fourth-order valence-electron chi connectivity index (χ4n) is 2.40. The number of nitrogens with zero attached hydrogens (tertiary/aromatic N) is 3. The predicted molar refractivity (Wildman–Crippen MR) is 81.8 cm³/mol. The van der Waals surface area contributed by atoms with Gasteiger partial charge in [-0.1, -0.05) is 6.92 Å². The van der Waals surface area contributed by atoms with Gasteiger partial charge in [0.05, 0.1) is 12.7 Å². The van der Waals surface area contributed by atoms with Gasteiger partial charge in [-0.05, 0) is 32.6 Å². The van der Waals surface area contributed by atoms with Gasteiger partial charge in [-0.2, -0.15) is 15.0 Å². The van der Waals surface area contributed by atoms with Crippen LogP contribution < -0.4 is 15.4 Å². The fraction of sp³-hybridized carbons (Fsp3) is 0.786. The van der Waals surface area contributed by atoms with Crippen molar-refractivity contribution in [1.29, 1.82) is 0 Å². The van der Waals surface area contributed by atoms with Gasteiger partial charge < -0.3 is 20.1 Å². The average molecular weight is 295 g/mol. The molecular formula is C14H25N5O2. The number of hydrogen-bond donors (Lipinski definition) is 2. The Hall–Kier alpha value is -1.63. The van der Waals surface area contributed by atoms with E-state index in [4.69, 9.17) is 9.47 Å². The molecule has 2 atom stereocenters. The first-order chi connectivity index (χ1) is 10.2. The third-order valence-corrected chi connectivity index (χ3v) is 3.47. The zero-order valence-corrected chi connectivity index (χ0v) is 13.1. The van der Waals surface area contributed by atoms with Crippen molar-refractivity contribution >= 4 is 11.9 Å². The van der Waals surface area contributed by atoms with Gasteiger partial charge in [0.15, 0.2) is 0 Å². The molecule has 0 aromatic carbocycles. The molecule has 2 unspecified atom stereocenters. The molecule has 0 radical (unpaired) electrons. The Balaban J connectivity index is 2.04. The molecule has 7 heteroatoms. The number of rotatable bonds is 8. The van der Waals surface area contributed by atoms with Gasteiger partial charge in [-0.3, -0.25) is 0 Å². The van der Waals surface area contributed by atoms with E-state index >= 15 is 0 Å². The van der Waals surface area contributed by atoms with Gasteiger partial charge >= 0.3 is 6.01 Å². The zero-order valence-electron chi connectivity index (χ0n) is 13.1. The third kappa shape index (κ3) is 4.70. The summed E-state index contributed by atoms with van der Waals surface area (Å²) in [6.07, 6.45) is 4.44. The van der Waals surface area contributed by atoms with Crippen LogP contribution in [-0.4, -0.2) is 47.4 Å². The lowest BCUT2D eigenvalue weighted by Gasteiger charge is -2.14. The summed E-state index contributed by atoms with van der Waals surface area (Å²) in [4.78, 5) is 13.0. The third-order valence-electron chi connectivity index (χ3n) is 3.47. The first kappa shape index (κ1) is 15.8. The lowest BCUT2D eigenvalue weighted by molar-refractivity contribution is 0.108. The van der Waals surface area contributed by atoms with Crippen molar-refractivity contribution in [2.75, 3.05) is 30.9 Å². The van der Waals surface area contributed by atoms with Crippen molar-refractivity contribution in [3.63, 3.8) is 0 Å². The van der Waals surface area contributed by atoms with Gasteiger partial charge in [0.1, 0.15) is 0 Å². The Labute approximate surface area is 125 Å². The molecule has 2 N–H and O–H groups in total. The molecule has 1 aromatic rings. The summed E-state index contributed by atoms with van der Waals surface area (Å²) in [7, 11) is 1.76. The van der Waals surface area contributed by atoms with Crippen molar-refractivity contribution < 1.29 is 9.47 Å². The van der Waals surface area contributed by atoms with E-state index in [0.29, 0.717) is 36.7 Å². The number of ether oxygens (including phenoxy) is 2. The molecule has 0 amide bonds. The molecular weight excluding hydrogens is 270 g/mol. The molecule has 0 bridgehead atoms. The van der Waals surface area contributed by atoms with Crippen LogP contribution in [0.2, 0.25) is 0 Å². The summed E-state index contributed by atoms with van der Waals surface area (Å²) >= 11 is 0. The molecule has 1 aromatic heterocycles. The van der Waals surface area contributed by atoms with Crippen molar-refractivity contribution in [2.24, 2.45) is 0 Å². The lowest BCUT2D eigenvalue weighted by atomic mass is 10.2. The zero-order chi connectivity index (χ0) is 15.1. The van der Waals surface area contributed by atoms with Crippen LogP contribution in [0.25, 0.3) is 0 Å². The van der Waals surface area contributed by atoms with E-state index in [0.717, 1.165) is 32.2 Å². The summed E-state index contributed by atoms with van der Waals surface area (Å²) in [6, 6.07) is 0.695. The minimum atomic E-state index is 0.327. The van der Waals surface area contributed by atoms with Gasteiger partial charge in [0.2, 0.25) is 11.9 Å². The van der Waals surface area contributed by atoms with Gasteiger partial charge in [-0.15, -0.1) is 0 Å². The molecule has 1 aliphatic carbocycles. The maximum atomic E-state index is 5.41. The molecule has 118 valence electrons. The Bertz CT molecular complexity index is 443. The molecule has 2 rings (SSSR count). The van der Waals surface area contributed by atoms with Crippen LogP contribution in [0.5, 0.6) is 6.01 Å². The second-order valence-electron chi connectivity index (χ2n) is 5.14. The highest BCUT2D eigenvalue weighted by molar-refractivity contribution is 5.36. The van der Waals surface area contributed by atoms with Crippen LogP contribution in [0.15, 0.2) is 0 Å². The summed E-state index contributed by atoms with van der Waals surface area (Å²) in [5.74, 6) is 1.12. The van der Waals surface area contributed by atoms with E-state index in [1.165, 1.54) is 0 Å². The molecule has 0 spiro atoms. The highest BCUT2D eigenvalue weighted by Crippen LogP contribution is 2.24. The number of hydrogen-bond acceptors (Lipinski definition) is 7. The predicted octanol–water partition coefficient (Wildman–Crippen LogP) is 2.07. The Kier molecular flexibility index (Phi) is 5.98. The quantitative estimate of drug-likeness (QED) is 0.759. The lowest BCUT2D eigenvalue weighted by Crippen LogP contribution is -2.20. The summed E-state index contributed by atoms with van der Waals surface area (Å²) in [6.45, 7) is 5.37. The maximum absolute atomic E-state index is 5.41. The SMILES string of the molecule is CCCNc1nc(NC2CCC(OC)C2)nc(OCC)n1. The summed E-state index contributed by atoms with van der Waals surface area (Å²) < 4.78 is 10.8. The number of anilines is 2. The Morgan fingerprint density at radius 3 is 2.62 bits per heavy atom. The van der Waals surface area contributed by atoms with Crippen molar-refractivity contribution in [3.8, 4) is 6.01 Å². The molecule has 0 saturated heterocycles. The van der Waals surface area contributed by atoms with Crippen LogP contribution in [0.4, 0.5) is 11.9 Å². The van der Waals surface area contributed by atoms with Crippen LogP contribution in [0.1, 0.15) is 39.5 Å². The first-order valence-corrected chi connectivity index (χ1v) is 7.67. The largest absolute Gasteiger partial charge is 0.464 e. The number of aromatic nitrogens is 3. The van der Waals surface area contributed by atoms with Crippen molar-refractivity contribution in [2.45, 2.75) is 51.7 Å². The van der Waals surface area contributed by atoms with E-state index in [2.05, 4.69) is 32.5 Å². The van der Waals surface area contributed by atoms with E-state index < -0.39 is 0 Å². The topological polar surface area (TPSA) is 81.2 Å². The smallest absolute Gasteiger partial charge is 0.323 e. The monoisotopic (exact) mass is 295 g/mol. The second-order valence-corrected chi connectivity index (χ2v) is 5.14. The van der Waals surface area contributed by atoms with Crippen LogP contribution in [0, 0.1) is 0 Å². The normalized spacial score (nSPS) is 21.3. The van der Waals surface area contributed by atoms with E-state index in [9.17, 15) is 0 Å². The van der Waals surface area contributed by atoms with Crippen LogP contribution in [-0.2, 0) is 4.74 Å². The van der Waals surface area contributed by atoms with E-state index in [1.54, 1.807) is 7.11 Å². The van der Waals surface area contributed by atoms with Gasteiger partial charge in [-0.25, -0.2) is 0 Å². The van der Waals surface area contributed by atoms with Gasteiger partial charge in [0, 0.05) is 19.7 Å². The minimum absolute atomic E-state index is 0.327. The molecule has 21 heavy (non-hydrogen) atoms. The molecule has 0 aliphatic heterocycles. The van der Waals surface area contributed by atoms with Crippen molar-refractivity contribution in [1.82, 2.24) is 15.0 Å². The average Bonchev–Trinajstić information content (AvgIpc) is 2.93. The highest BCUT2D eigenvalue weighted by atomic mass is 16.5. The fourth-order valence-corrected chi connectivity index (χ4v) is 2.40. The standard InChI is InChI=1S/C14H25N5O2/c1-4-8-15-12-17-13(19-14(18-12)21-5-2)16-10-6-7-11(9-10)20-3/h10-11H,4-9H2,1-3H3,(H2,15,16,17,18,19). The van der Waals surface area contributed by atoms with E-state index in [-0.39, 0.29) is 0 Å². The van der Waals surface area contributed by atoms with Crippen molar-refractivity contribution in [3.05, 3.63) is 0 Å². The highest BCUT2D eigenvalue weighted by Gasteiger charge is 2.25. The molecule has 1 heterocycles. The Morgan fingerprint density at radius 1 is 1.14 bits per heavy atom. The first-order valence-electron chi connectivity index (χ1n) is 7.67. The molecule has 1 fully saturated rings. The molecule has 7 nitrogen and oxygen atoms in total. The van der Waals surface area contributed by atoms with Crippen LogP contribution in [0.3, 0.4) is 0 Å². The number of methoxy groups -OCH3 is 1. The second kappa shape index (κ2) is 7.97. The van der Waals surface area contributed by atoms with Crippen LogP contribution >= 0.6 is 0 Å². The Morgan fingerprint density at radius 2 is 1.95 bits per heavy atom. The molecule has 1 saturated carbocycles.